The quantitative estimate of drug-likeness (QED) is 0.376. The lowest BCUT2D eigenvalue weighted by Gasteiger charge is -2.19. The monoisotopic (exact) mass is 320 g/mol. The van der Waals surface area contributed by atoms with Crippen molar-refractivity contribution < 1.29 is 19.2 Å². The maximum absolute atomic E-state index is 11.9. The number of carbonyl (C=O) groups is 2. The second-order valence-electron chi connectivity index (χ2n) is 5.56. The summed E-state index contributed by atoms with van der Waals surface area (Å²) in [6, 6.07) is 5.33. The molecule has 1 aromatic carbocycles. The van der Waals surface area contributed by atoms with Crippen molar-refractivity contribution in [2.45, 2.75) is 32.1 Å². The predicted molar refractivity (Wildman–Crippen MR) is 83.0 cm³/mol. The minimum absolute atomic E-state index is 0.00544. The van der Waals surface area contributed by atoms with E-state index >= 15 is 0 Å². The Morgan fingerprint density at radius 1 is 1.17 bits per heavy atom. The lowest BCUT2D eigenvalue weighted by molar-refractivity contribution is -0.384. The number of nitrogens with one attached hydrogen (secondary N) is 1. The van der Waals surface area contributed by atoms with Crippen LogP contribution >= 0.6 is 0 Å². The lowest BCUT2D eigenvalue weighted by Crippen LogP contribution is -2.29. The molecule has 23 heavy (non-hydrogen) atoms. The van der Waals surface area contributed by atoms with Crippen LogP contribution in [0.1, 0.15) is 42.5 Å². The molecule has 7 heteroatoms. The Kier molecular flexibility index (Phi) is 6.08. The molecule has 1 aromatic rings. The predicted octanol–water partition coefficient (Wildman–Crippen LogP) is 2.45. The van der Waals surface area contributed by atoms with Gasteiger partial charge < -0.3 is 10.1 Å². The van der Waals surface area contributed by atoms with E-state index in [-0.39, 0.29) is 36.6 Å². The van der Waals surface area contributed by atoms with Crippen molar-refractivity contribution in [2.24, 2.45) is 5.92 Å². The van der Waals surface area contributed by atoms with E-state index in [1.54, 1.807) is 0 Å². The molecule has 0 unspecified atom stereocenters. The molecule has 0 heterocycles. The Morgan fingerprint density at radius 3 is 2.43 bits per heavy atom. The van der Waals surface area contributed by atoms with Gasteiger partial charge in [-0.3, -0.25) is 19.7 Å². The molecular formula is C16H20N2O5. The number of rotatable bonds is 6. The molecule has 1 aliphatic rings. The van der Waals surface area contributed by atoms with E-state index in [1.807, 2.05) is 0 Å². The molecule has 0 atom stereocenters. The van der Waals surface area contributed by atoms with Gasteiger partial charge in [-0.25, -0.2) is 0 Å². The first-order chi connectivity index (χ1) is 11.1. The number of carbonyl (C=O) groups excluding carboxylic acids is 2. The second-order valence-corrected chi connectivity index (χ2v) is 5.56. The van der Waals surface area contributed by atoms with Gasteiger partial charge >= 0.3 is 5.97 Å². The molecule has 0 saturated heterocycles. The molecule has 1 aliphatic carbocycles. The van der Waals surface area contributed by atoms with Crippen molar-refractivity contribution in [3.05, 3.63) is 39.9 Å². The minimum Gasteiger partial charge on any atom is -0.464 e. The lowest BCUT2D eigenvalue weighted by atomic mass is 9.89. The SMILES string of the molecule is O=C(NCCOC(=O)C1CCCCC1)c1ccc([N+](=O)[O-])cc1. The zero-order valence-corrected chi connectivity index (χ0v) is 12.8. The fourth-order valence-corrected chi connectivity index (χ4v) is 2.61. The zero-order valence-electron chi connectivity index (χ0n) is 12.8. The summed E-state index contributed by atoms with van der Waals surface area (Å²) in [5, 5.41) is 13.2. The van der Waals surface area contributed by atoms with Crippen molar-refractivity contribution in [1.82, 2.24) is 5.32 Å². The maximum Gasteiger partial charge on any atom is 0.308 e. The first-order valence-electron chi connectivity index (χ1n) is 7.77. The van der Waals surface area contributed by atoms with Crippen molar-refractivity contribution >= 4 is 17.6 Å². The normalized spacial score (nSPS) is 15.0. The summed E-state index contributed by atoms with van der Waals surface area (Å²) in [5.41, 5.74) is 0.261. The Labute approximate surface area is 134 Å². The zero-order chi connectivity index (χ0) is 16.7. The molecule has 2 rings (SSSR count). The van der Waals surface area contributed by atoms with Crippen molar-refractivity contribution in [3.63, 3.8) is 0 Å². The molecule has 0 bridgehead atoms. The van der Waals surface area contributed by atoms with Crippen LogP contribution in [-0.4, -0.2) is 30.0 Å². The number of nitrogens with zero attached hydrogens (tertiary/aromatic N) is 1. The van der Waals surface area contributed by atoms with Gasteiger partial charge in [0.25, 0.3) is 11.6 Å². The average molecular weight is 320 g/mol. The number of ether oxygens (including phenoxy) is 1. The van der Waals surface area contributed by atoms with Crippen LogP contribution in [0.15, 0.2) is 24.3 Å². The highest BCUT2D eigenvalue weighted by Gasteiger charge is 2.22. The summed E-state index contributed by atoms with van der Waals surface area (Å²) in [4.78, 5) is 33.7. The number of hydrogen-bond acceptors (Lipinski definition) is 5. The molecule has 1 N–H and O–H groups in total. The molecule has 0 aromatic heterocycles. The minimum atomic E-state index is -0.521. The van der Waals surface area contributed by atoms with Crippen LogP contribution in [0.5, 0.6) is 0 Å². The van der Waals surface area contributed by atoms with Gasteiger partial charge in [-0.05, 0) is 25.0 Å². The molecule has 124 valence electrons. The highest BCUT2D eigenvalue weighted by molar-refractivity contribution is 5.94. The third kappa shape index (κ3) is 5.05. The second kappa shape index (κ2) is 8.26. The number of benzene rings is 1. The Bertz CT molecular complexity index is 564. The van der Waals surface area contributed by atoms with Crippen LogP contribution in [-0.2, 0) is 9.53 Å². The largest absolute Gasteiger partial charge is 0.464 e. The molecule has 0 radical (unpaired) electrons. The van der Waals surface area contributed by atoms with Crippen LogP contribution < -0.4 is 5.32 Å². The summed E-state index contributed by atoms with van der Waals surface area (Å²) in [6.45, 7) is 0.350. The number of nitro benzene ring substituents is 1. The Balaban J connectivity index is 1.70. The molecule has 1 amide bonds. The van der Waals surface area contributed by atoms with Crippen LogP contribution in [0.2, 0.25) is 0 Å². The van der Waals surface area contributed by atoms with Gasteiger partial charge in [-0.1, -0.05) is 19.3 Å². The number of hydrogen-bond donors (Lipinski definition) is 1. The number of amides is 1. The highest BCUT2D eigenvalue weighted by atomic mass is 16.6. The highest BCUT2D eigenvalue weighted by Crippen LogP contribution is 2.24. The topological polar surface area (TPSA) is 98.5 Å². The van der Waals surface area contributed by atoms with Gasteiger partial charge in [0.15, 0.2) is 0 Å². The van der Waals surface area contributed by atoms with E-state index in [0.717, 1.165) is 25.7 Å². The fourth-order valence-electron chi connectivity index (χ4n) is 2.61. The summed E-state index contributed by atoms with van der Waals surface area (Å²) in [7, 11) is 0. The molecule has 0 spiro atoms. The molecule has 7 nitrogen and oxygen atoms in total. The third-order valence-electron chi connectivity index (χ3n) is 3.91. The smallest absolute Gasteiger partial charge is 0.308 e. The first kappa shape index (κ1) is 16.9. The van der Waals surface area contributed by atoms with E-state index in [0.29, 0.717) is 5.56 Å². The molecule has 1 saturated carbocycles. The molecular weight excluding hydrogens is 300 g/mol. The third-order valence-corrected chi connectivity index (χ3v) is 3.91. The van der Waals surface area contributed by atoms with E-state index < -0.39 is 4.92 Å². The maximum atomic E-state index is 11.9. The average Bonchev–Trinajstić information content (AvgIpc) is 2.59. The number of esters is 1. The van der Waals surface area contributed by atoms with Crippen LogP contribution in [0.3, 0.4) is 0 Å². The molecule has 1 fully saturated rings. The van der Waals surface area contributed by atoms with Crippen molar-refractivity contribution in [3.8, 4) is 0 Å². The van der Waals surface area contributed by atoms with Crippen LogP contribution in [0.25, 0.3) is 0 Å². The standard InChI is InChI=1S/C16H20N2O5/c19-15(12-6-8-14(9-7-12)18(21)22)17-10-11-23-16(20)13-4-2-1-3-5-13/h6-9,13H,1-5,10-11H2,(H,17,19). The van der Waals surface area contributed by atoms with Gasteiger partial charge in [-0.2, -0.15) is 0 Å². The van der Waals surface area contributed by atoms with Gasteiger partial charge in [0.1, 0.15) is 6.61 Å². The number of non-ortho nitro benzene ring substituents is 1. The van der Waals surface area contributed by atoms with E-state index in [1.165, 1.54) is 30.7 Å². The molecule has 0 aliphatic heterocycles. The van der Waals surface area contributed by atoms with Crippen LogP contribution in [0.4, 0.5) is 5.69 Å². The van der Waals surface area contributed by atoms with Gasteiger partial charge in [0.2, 0.25) is 0 Å². The number of nitro groups is 1. The Morgan fingerprint density at radius 2 is 1.83 bits per heavy atom. The first-order valence-corrected chi connectivity index (χ1v) is 7.77. The van der Waals surface area contributed by atoms with Crippen LogP contribution in [0, 0.1) is 16.0 Å². The summed E-state index contributed by atoms with van der Waals surface area (Å²) < 4.78 is 5.18. The summed E-state index contributed by atoms with van der Waals surface area (Å²) in [6.07, 6.45) is 5.07. The van der Waals surface area contributed by atoms with Gasteiger partial charge in [0.05, 0.1) is 17.4 Å². The van der Waals surface area contributed by atoms with Gasteiger partial charge in [-0.15, -0.1) is 0 Å². The van der Waals surface area contributed by atoms with Crippen molar-refractivity contribution in [1.29, 1.82) is 0 Å². The fraction of sp³-hybridized carbons (Fsp3) is 0.500. The van der Waals surface area contributed by atoms with E-state index in [4.69, 9.17) is 4.74 Å². The Hall–Kier alpha value is -2.44. The summed E-state index contributed by atoms with van der Waals surface area (Å²) >= 11 is 0. The van der Waals surface area contributed by atoms with E-state index in [2.05, 4.69) is 5.32 Å². The van der Waals surface area contributed by atoms with Crippen molar-refractivity contribution in [2.75, 3.05) is 13.2 Å². The van der Waals surface area contributed by atoms with E-state index in [9.17, 15) is 19.7 Å². The summed E-state index contributed by atoms with van der Waals surface area (Å²) in [5.74, 6) is -0.544. The van der Waals surface area contributed by atoms with Gasteiger partial charge in [0, 0.05) is 17.7 Å².